The largest absolute Gasteiger partial charge is 0.254 e. The average molecular weight is 174 g/mol. The molecule has 0 aliphatic rings. The topological polar surface area (TPSA) is 0 Å². The van der Waals surface area contributed by atoms with Gasteiger partial charge in [-0.3, -0.25) is 10.9 Å². The van der Waals surface area contributed by atoms with E-state index in [-0.39, 0.29) is 0 Å². The average Bonchev–Trinajstić information content (AvgIpc) is 2.03. The van der Waals surface area contributed by atoms with Gasteiger partial charge in [0, 0.05) is 0 Å². The summed E-state index contributed by atoms with van der Waals surface area (Å²) >= 11 is 0. The molecular formula is C10H22S. The van der Waals surface area contributed by atoms with Crippen molar-refractivity contribution in [2.45, 2.75) is 38.9 Å². The molecule has 0 amide bonds. The summed E-state index contributed by atoms with van der Waals surface area (Å²) in [4.78, 5) is 0. The molecule has 2 atom stereocenters. The van der Waals surface area contributed by atoms with Crippen molar-refractivity contribution in [2.24, 2.45) is 0 Å². The second-order valence-electron chi connectivity index (χ2n) is 3.04. The predicted octanol–water partition coefficient (Wildman–Crippen LogP) is 3.38. The molecule has 0 aliphatic heterocycles. The molecule has 68 valence electrons. The molecule has 0 aromatic rings. The number of hydrogen-bond acceptors (Lipinski definition) is 0. The third kappa shape index (κ3) is 5.37. The van der Waals surface area contributed by atoms with Crippen molar-refractivity contribution in [3.63, 3.8) is 0 Å². The number of rotatable bonds is 5. The summed E-state index contributed by atoms with van der Waals surface area (Å²) in [5, 5.41) is 0.915. The van der Waals surface area contributed by atoms with Crippen LogP contribution in [0, 0.1) is 0 Å². The van der Waals surface area contributed by atoms with Gasteiger partial charge in [0.15, 0.2) is 0 Å². The molecule has 0 radical (unpaired) electrons. The summed E-state index contributed by atoms with van der Waals surface area (Å²) in [6, 6.07) is 0. The Kier molecular flexibility index (Phi) is 6.83. The fraction of sp³-hybridized carbons (Fsp3) is 0.800. The first kappa shape index (κ1) is 11.1. The summed E-state index contributed by atoms with van der Waals surface area (Å²) in [6.07, 6.45) is 9.47. The van der Waals surface area contributed by atoms with Crippen molar-refractivity contribution in [3.8, 4) is 0 Å². The quantitative estimate of drug-likeness (QED) is 0.479. The highest BCUT2D eigenvalue weighted by Crippen LogP contribution is 2.28. The highest BCUT2D eigenvalue weighted by atomic mass is 32.2. The summed E-state index contributed by atoms with van der Waals surface area (Å²) in [7, 11) is 0.293. The fourth-order valence-corrected chi connectivity index (χ4v) is 2.06. The zero-order chi connectivity index (χ0) is 8.69. The lowest BCUT2D eigenvalue weighted by Crippen LogP contribution is -2.01. The van der Waals surface area contributed by atoms with Gasteiger partial charge in [-0.25, -0.2) is 0 Å². The van der Waals surface area contributed by atoms with E-state index in [0.29, 0.717) is 10.9 Å². The Balaban J connectivity index is 3.50. The maximum atomic E-state index is 2.40. The maximum absolute atomic E-state index is 2.40. The Labute approximate surface area is 74.4 Å². The smallest absolute Gasteiger partial charge is 0.0133 e. The SMILES string of the molecule is CCC=CCC(C)[SH](C)CC. The minimum absolute atomic E-state index is 0.293. The molecule has 11 heavy (non-hydrogen) atoms. The number of thiol groups is 1. The molecule has 0 heterocycles. The summed E-state index contributed by atoms with van der Waals surface area (Å²) in [5.41, 5.74) is 0. The van der Waals surface area contributed by atoms with Crippen LogP contribution in [0.1, 0.15) is 33.6 Å². The van der Waals surface area contributed by atoms with Gasteiger partial charge in [-0.1, -0.05) is 32.9 Å². The van der Waals surface area contributed by atoms with Crippen molar-refractivity contribution in [1.29, 1.82) is 0 Å². The van der Waals surface area contributed by atoms with Crippen LogP contribution in [0.15, 0.2) is 12.2 Å². The minimum Gasteiger partial charge on any atom is -0.254 e. The molecule has 0 aliphatic carbocycles. The van der Waals surface area contributed by atoms with E-state index < -0.39 is 0 Å². The second kappa shape index (κ2) is 6.78. The molecule has 0 fully saturated rings. The van der Waals surface area contributed by atoms with Crippen molar-refractivity contribution in [2.75, 3.05) is 12.0 Å². The van der Waals surface area contributed by atoms with E-state index >= 15 is 0 Å². The van der Waals surface area contributed by atoms with Crippen LogP contribution >= 0.6 is 10.9 Å². The number of hydrogen-bond donors (Lipinski definition) is 1. The highest BCUT2D eigenvalue weighted by molar-refractivity contribution is 8.16. The monoisotopic (exact) mass is 174 g/mol. The molecule has 0 rings (SSSR count). The number of allylic oxidation sites excluding steroid dienone is 2. The third-order valence-electron chi connectivity index (χ3n) is 2.13. The first-order chi connectivity index (χ1) is 5.22. The van der Waals surface area contributed by atoms with Gasteiger partial charge < -0.3 is 0 Å². The standard InChI is InChI=1S/C10H22S/c1-5-7-8-9-10(3)11(4)6-2/h7-8,10-11H,5-6,9H2,1-4H3. The maximum Gasteiger partial charge on any atom is -0.0133 e. The Morgan fingerprint density at radius 2 is 1.91 bits per heavy atom. The van der Waals surface area contributed by atoms with E-state index in [2.05, 4.69) is 39.2 Å². The zero-order valence-electron chi connectivity index (χ0n) is 8.30. The van der Waals surface area contributed by atoms with E-state index in [1.165, 1.54) is 18.6 Å². The minimum atomic E-state index is 0.293. The molecule has 0 aromatic heterocycles. The van der Waals surface area contributed by atoms with Crippen molar-refractivity contribution in [3.05, 3.63) is 12.2 Å². The fourth-order valence-electron chi connectivity index (χ4n) is 0.951. The van der Waals surface area contributed by atoms with E-state index in [1.807, 2.05) is 0 Å². The van der Waals surface area contributed by atoms with Gasteiger partial charge in [0.25, 0.3) is 0 Å². The normalized spacial score (nSPS) is 18.7. The molecule has 0 saturated heterocycles. The zero-order valence-corrected chi connectivity index (χ0v) is 9.20. The summed E-state index contributed by atoms with van der Waals surface area (Å²) in [6.45, 7) is 6.86. The van der Waals surface area contributed by atoms with Crippen LogP contribution in [0.2, 0.25) is 0 Å². The second-order valence-corrected chi connectivity index (χ2v) is 6.07. The van der Waals surface area contributed by atoms with Crippen LogP contribution in [0.5, 0.6) is 0 Å². The van der Waals surface area contributed by atoms with Gasteiger partial charge in [-0.05, 0) is 30.1 Å². The van der Waals surface area contributed by atoms with Crippen LogP contribution < -0.4 is 0 Å². The van der Waals surface area contributed by atoms with Gasteiger partial charge in [-0.15, -0.1) is 0 Å². The Morgan fingerprint density at radius 1 is 1.27 bits per heavy atom. The highest BCUT2D eigenvalue weighted by Gasteiger charge is 2.02. The van der Waals surface area contributed by atoms with Crippen LogP contribution in [-0.4, -0.2) is 17.3 Å². The van der Waals surface area contributed by atoms with Crippen LogP contribution in [0.3, 0.4) is 0 Å². The third-order valence-corrected chi connectivity index (χ3v) is 4.84. The molecular weight excluding hydrogens is 152 g/mol. The van der Waals surface area contributed by atoms with Crippen LogP contribution in [0.25, 0.3) is 0 Å². The first-order valence-corrected chi connectivity index (χ1v) is 6.61. The summed E-state index contributed by atoms with van der Waals surface area (Å²) < 4.78 is 0. The Hall–Kier alpha value is 0.0900. The molecule has 1 heteroatoms. The molecule has 2 unspecified atom stereocenters. The van der Waals surface area contributed by atoms with E-state index in [1.54, 1.807) is 0 Å². The lowest BCUT2D eigenvalue weighted by Gasteiger charge is -2.20. The Bertz CT molecular complexity index is 107. The molecule has 0 N–H and O–H groups in total. The van der Waals surface area contributed by atoms with Gasteiger partial charge in [-0.2, -0.15) is 0 Å². The predicted molar refractivity (Wildman–Crippen MR) is 59.0 cm³/mol. The van der Waals surface area contributed by atoms with Gasteiger partial charge in [0.2, 0.25) is 0 Å². The molecule has 0 saturated carbocycles. The van der Waals surface area contributed by atoms with Crippen LogP contribution in [-0.2, 0) is 0 Å². The molecule has 0 bridgehead atoms. The lowest BCUT2D eigenvalue weighted by atomic mass is 10.3. The molecule has 0 aromatic carbocycles. The van der Waals surface area contributed by atoms with Crippen molar-refractivity contribution < 1.29 is 0 Å². The van der Waals surface area contributed by atoms with E-state index in [0.717, 1.165) is 5.25 Å². The Morgan fingerprint density at radius 3 is 2.36 bits per heavy atom. The first-order valence-electron chi connectivity index (χ1n) is 4.57. The summed E-state index contributed by atoms with van der Waals surface area (Å²) in [5.74, 6) is 1.37. The van der Waals surface area contributed by atoms with E-state index in [4.69, 9.17) is 0 Å². The van der Waals surface area contributed by atoms with Gasteiger partial charge >= 0.3 is 0 Å². The molecule has 0 nitrogen and oxygen atoms in total. The van der Waals surface area contributed by atoms with Crippen molar-refractivity contribution >= 4 is 10.9 Å². The van der Waals surface area contributed by atoms with Gasteiger partial charge in [0.05, 0.1) is 0 Å². The van der Waals surface area contributed by atoms with Gasteiger partial charge in [0.1, 0.15) is 0 Å². The van der Waals surface area contributed by atoms with Crippen LogP contribution in [0.4, 0.5) is 0 Å². The van der Waals surface area contributed by atoms with Crippen molar-refractivity contribution in [1.82, 2.24) is 0 Å². The lowest BCUT2D eigenvalue weighted by molar-refractivity contribution is 0.966. The van der Waals surface area contributed by atoms with E-state index in [9.17, 15) is 0 Å². The molecule has 0 spiro atoms.